The van der Waals surface area contributed by atoms with Gasteiger partial charge >= 0.3 is 5.97 Å². The Hall–Kier alpha value is -3.80. The van der Waals surface area contributed by atoms with E-state index < -0.39 is 5.97 Å². The first kappa shape index (κ1) is 19.9. The highest BCUT2D eigenvalue weighted by molar-refractivity contribution is 5.96. The van der Waals surface area contributed by atoms with Crippen LogP contribution in [0.5, 0.6) is 5.75 Å². The molecule has 148 valence electrons. The van der Waals surface area contributed by atoms with Crippen LogP contribution in [0.2, 0.25) is 0 Å². The molecule has 6 nitrogen and oxygen atoms in total. The van der Waals surface area contributed by atoms with Crippen molar-refractivity contribution in [2.45, 2.75) is 6.42 Å². The maximum absolute atomic E-state index is 12.1. The number of carbonyl (C=O) groups excluding carboxylic acids is 2. The molecule has 29 heavy (non-hydrogen) atoms. The van der Waals surface area contributed by atoms with Crippen LogP contribution in [0.1, 0.15) is 16.8 Å². The van der Waals surface area contributed by atoms with Crippen molar-refractivity contribution in [3.8, 4) is 5.75 Å². The van der Waals surface area contributed by atoms with Gasteiger partial charge in [0, 0.05) is 11.4 Å². The molecule has 0 saturated heterocycles. The van der Waals surface area contributed by atoms with Crippen LogP contribution in [0, 0.1) is 0 Å². The number of benzene rings is 3. The molecule has 6 heteroatoms. The molecule has 2 N–H and O–H groups in total. The van der Waals surface area contributed by atoms with Crippen molar-refractivity contribution in [2.75, 3.05) is 24.4 Å². The van der Waals surface area contributed by atoms with E-state index in [1.54, 1.807) is 30.3 Å². The van der Waals surface area contributed by atoms with Gasteiger partial charge in [-0.25, -0.2) is 4.79 Å². The minimum absolute atomic E-state index is 0.127. The molecule has 0 spiro atoms. The van der Waals surface area contributed by atoms with Crippen LogP contribution in [-0.4, -0.2) is 25.6 Å². The molecule has 0 atom stereocenters. The summed E-state index contributed by atoms with van der Waals surface area (Å²) in [6.07, 6.45) is 0.251. The molecule has 0 aromatic heterocycles. The maximum Gasteiger partial charge on any atom is 0.339 e. The Morgan fingerprint density at radius 3 is 2.21 bits per heavy atom. The van der Waals surface area contributed by atoms with E-state index in [9.17, 15) is 9.59 Å². The summed E-state index contributed by atoms with van der Waals surface area (Å²) < 4.78 is 10.3. The number of ether oxygens (including phenoxy) is 2. The molecule has 3 aromatic carbocycles. The molecule has 0 heterocycles. The van der Waals surface area contributed by atoms with Gasteiger partial charge in [0.05, 0.1) is 31.4 Å². The fourth-order valence-electron chi connectivity index (χ4n) is 2.67. The molecule has 0 fully saturated rings. The van der Waals surface area contributed by atoms with Crippen molar-refractivity contribution in [3.05, 3.63) is 84.4 Å². The van der Waals surface area contributed by atoms with Gasteiger partial charge in [0.25, 0.3) is 0 Å². The van der Waals surface area contributed by atoms with Crippen molar-refractivity contribution in [1.29, 1.82) is 0 Å². The predicted octanol–water partition coefficient (Wildman–Crippen LogP) is 4.62. The third kappa shape index (κ3) is 5.84. The van der Waals surface area contributed by atoms with Crippen molar-refractivity contribution >= 4 is 28.9 Å². The highest BCUT2D eigenvalue weighted by Crippen LogP contribution is 2.23. The molecule has 0 aliphatic heterocycles. The lowest BCUT2D eigenvalue weighted by Gasteiger charge is -2.12. The van der Waals surface area contributed by atoms with Crippen LogP contribution in [0.3, 0.4) is 0 Å². The van der Waals surface area contributed by atoms with Gasteiger partial charge in [0.15, 0.2) is 0 Å². The first-order valence-electron chi connectivity index (χ1n) is 9.18. The Balaban J connectivity index is 1.52. The van der Waals surface area contributed by atoms with E-state index in [0.717, 1.165) is 11.4 Å². The van der Waals surface area contributed by atoms with Crippen molar-refractivity contribution in [1.82, 2.24) is 0 Å². The van der Waals surface area contributed by atoms with E-state index in [1.807, 2.05) is 48.5 Å². The molecule has 0 saturated carbocycles. The molecule has 0 aliphatic rings. The van der Waals surface area contributed by atoms with Gasteiger partial charge in [0.2, 0.25) is 5.91 Å². The highest BCUT2D eigenvalue weighted by Gasteiger charge is 2.11. The zero-order valence-corrected chi connectivity index (χ0v) is 16.1. The standard InChI is InChI=1S/C23H22N2O4/c1-28-23(27)20-9-5-6-10-21(20)24-17-11-13-18(14-12-17)25-22(26)15-16-29-19-7-3-2-4-8-19/h2-14,24H,15-16H2,1H3,(H,25,26). The van der Waals surface area contributed by atoms with E-state index in [-0.39, 0.29) is 12.3 Å². The van der Waals surface area contributed by atoms with Gasteiger partial charge in [-0.2, -0.15) is 0 Å². The van der Waals surface area contributed by atoms with E-state index >= 15 is 0 Å². The average Bonchev–Trinajstić information content (AvgIpc) is 2.76. The summed E-state index contributed by atoms with van der Waals surface area (Å²) in [6.45, 7) is 0.305. The van der Waals surface area contributed by atoms with Crippen LogP contribution < -0.4 is 15.4 Å². The molecule has 3 aromatic rings. The van der Waals surface area contributed by atoms with E-state index in [2.05, 4.69) is 10.6 Å². The Labute approximate surface area is 169 Å². The number of amides is 1. The quantitative estimate of drug-likeness (QED) is 0.549. The number of anilines is 3. The lowest BCUT2D eigenvalue weighted by Crippen LogP contribution is -2.15. The first-order valence-corrected chi connectivity index (χ1v) is 9.18. The third-order valence-electron chi connectivity index (χ3n) is 4.12. The molecule has 0 unspecified atom stereocenters. The lowest BCUT2D eigenvalue weighted by atomic mass is 10.1. The van der Waals surface area contributed by atoms with E-state index in [1.165, 1.54) is 7.11 Å². The summed E-state index contributed by atoms with van der Waals surface area (Å²) in [5.41, 5.74) is 2.56. The second-order valence-electron chi connectivity index (χ2n) is 6.20. The smallest absolute Gasteiger partial charge is 0.339 e. The van der Waals surface area contributed by atoms with Gasteiger partial charge in [-0.15, -0.1) is 0 Å². The number of nitrogens with one attached hydrogen (secondary N) is 2. The summed E-state index contributed by atoms with van der Waals surface area (Å²) >= 11 is 0. The minimum Gasteiger partial charge on any atom is -0.493 e. The second kappa shape index (κ2) is 9.94. The molecule has 3 rings (SSSR count). The number of para-hydroxylation sites is 2. The third-order valence-corrected chi connectivity index (χ3v) is 4.12. The van der Waals surface area contributed by atoms with Gasteiger partial charge < -0.3 is 20.1 Å². The van der Waals surface area contributed by atoms with Gasteiger partial charge in [0.1, 0.15) is 5.75 Å². The molecule has 0 radical (unpaired) electrons. The lowest BCUT2D eigenvalue weighted by molar-refractivity contribution is -0.116. The number of carbonyl (C=O) groups is 2. The predicted molar refractivity (Wildman–Crippen MR) is 113 cm³/mol. The topological polar surface area (TPSA) is 76.7 Å². The fourth-order valence-corrected chi connectivity index (χ4v) is 2.67. The van der Waals surface area contributed by atoms with Crippen LogP contribution in [0.15, 0.2) is 78.9 Å². The van der Waals surface area contributed by atoms with E-state index in [0.29, 0.717) is 23.5 Å². The van der Waals surface area contributed by atoms with Crippen LogP contribution in [0.25, 0.3) is 0 Å². The Bertz CT molecular complexity index is 956. The molecule has 0 bridgehead atoms. The molecular weight excluding hydrogens is 368 g/mol. The van der Waals surface area contributed by atoms with Crippen LogP contribution in [-0.2, 0) is 9.53 Å². The van der Waals surface area contributed by atoms with Gasteiger partial charge in [-0.3, -0.25) is 4.79 Å². The van der Waals surface area contributed by atoms with Gasteiger partial charge in [-0.1, -0.05) is 30.3 Å². The highest BCUT2D eigenvalue weighted by atomic mass is 16.5. The first-order chi connectivity index (χ1) is 14.2. The number of hydrogen-bond acceptors (Lipinski definition) is 5. The molecule has 0 aliphatic carbocycles. The number of esters is 1. The monoisotopic (exact) mass is 390 g/mol. The number of rotatable bonds is 8. The zero-order valence-electron chi connectivity index (χ0n) is 16.1. The number of hydrogen-bond donors (Lipinski definition) is 2. The van der Waals surface area contributed by atoms with Crippen molar-refractivity contribution < 1.29 is 19.1 Å². The summed E-state index contributed by atoms with van der Waals surface area (Å²) in [4.78, 5) is 23.9. The van der Waals surface area contributed by atoms with Crippen LogP contribution >= 0.6 is 0 Å². The maximum atomic E-state index is 12.1. The SMILES string of the molecule is COC(=O)c1ccccc1Nc1ccc(NC(=O)CCOc2ccccc2)cc1. The Kier molecular flexibility index (Phi) is 6.84. The van der Waals surface area contributed by atoms with Gasteiger partial charge in [-0.05, 0) is 48.5 Å². The summed E-state index contributed by atoms with van der Waals surface area (Å²) in [7, 11) is 1.35. The second-order valence-corrected chi connectivity index (χ2v) is 6.20. The Morgan fingerprint density at radius 1 is 0.828 bits per heavy atom. The molecule has 1 amide bonds. The normalized spacial score (nSPS) is 10.1. The largest absolute Gasteiger partial charge is 0.493 e. The Morgan fingerprint density at radius 2 is 1.48 bits per heavy atom. The number of methoxy groups -OCH3 is 1. The fraction of sp³-hybridized carbons (Fsp3) is 0.130. The van der Waals surface area contributed by atoms with Crippen LogP contribution in [0.4, 0.5) is 17.1 Å². The van der Waals surface area contributed by atoms with E-state index in [4.69, 9.17) is 9.47 Å². The summed E-state index contributed by atoms with van der Waals surface area (Å²) in [5.74, 6) is 0.204. The summed E-state index contributed by atoms with van der Waals surface area (Å²) in [5, 5.41) is 6.02. The van der Waals surface area contributed by atoms with Crippen molar-refractivity contribution in [3.63, 3.8) is 0 Å². The zero-order chi connectivity index (χ0) is 20.5. The van der Waals surface area contributed by atoms with Crippen molar-refractivity contribution in [2.24, 2.45) is 0 Å². The molecular formula is C23H22N2O4. The summed E-state index contributed by atoms with van der Waals surface area (Å²) in [6, 6.07) is 23.7. The average molecular weight is 390 g/mol. The minimum atomic E-state index is -0.408.